The Morgan fingerprint density at radius 1 is 0.667 bits per heavy atom. The molecule has 2 nitrogen and oxygen atoms in total. The van der Waals surface area contributed by atoms with Crippen LogP contribution in [0.1, 0.15) is 42.1 Å². The van der Waals surface area contributed by atoms with Crippen LogP contribution in [0, 0.1) is 12.3 Å². The van der Waals surface area contributed by atoms with Crippen LogP contribution in [-0.2, 0) is 6.42 Å². The van der Waals surface area contributed by atoms with Gasteiger partial charge in [-0.15, -0.1) is 0 Å². The second kappa shape index (κ2) is 9.63. The van der Waals surface area contributed by atoms with Gasteiger partial charge in [0.15, 0.2) is 0 Å². The van der Waals surface area contributed by atoms with Crippen LogP contribution in [0.4, 0.5) is 0 Å². The maximum atomic E-state index is 2.51. The fourth-order valence-electron chi connectivity index (χ4n) is 7.17. The van der Waals surface area contributed by atoms with Crippen molar-refractivity contribution in [3.8, 4) is 5.69 Å². The molecule has 2 aliphatic carbocycles. The molecular formula is C40H34N2. The monoisotopic (exact) mass is 542 g/mol. The van der Waals surface area contributed by atoms with Crippen LogP contribution in [0.15, 0.2) is 121 Å². The zero-order chi connectivity index (χ0) is 28.3. The molecule has 6 aromatic rings. The van der Waals surface area contributed by atoms with E-state index in [2.05, 4.69) is 157 Å². The number of aryl methyl sites for hydroxylation is 1. The molecule has 0 aliphatic heterocycles. The fourth-order valence-corrected chi connectivity index (χ4v) is 7.17. The Kier molecular flexibility index (Phi) is 5.72. The second-order valence-electron chi connectivity index (χ2n) is 12.2. The third kappa shape index (κ3) is 3.94. The number of benzene rings is 4. The highest BCUT2D eigenvalue weighted by Gasteiger charge is 2.26. The SMILES string of the molecule is Cc1cc(-n2c3c(c4ccccc42)C=CCC=C3)ccc1CC1(C)C=C(n2c3ccccc3c3ccccc32)C=CC1. The normalized spacial score (nSPS) is 18.1. The number of nitrogens with zero attached hydrogens (tertiary/aromatic N) is 2. The smallest absolute Gasteiger partial charge is 0.0541 e. The summed E-state index contributed by atoms with van der Waals surface area (Å²) in [7, 11) is 0. The van der Waals surface area contributed by atoms with Gasteiger partial charge in [-0.1, -0.05) is 98.0 Å². The molecule has 2 aromatic heterocycles. The number of fused-ring (bicyclic) bond motifs is 6. The third-order valence-electron chi connectivity index (χ3n) is 9.17. The van der Waals surface area contributed by atoms with Gasteiger partial charge in [-0.05, 0) is 85.2 Å². The standard InChI is InChI=1S/C40H34N2/c1-28-25-30(41-36-18-5-3-4-14-32(36)33-15-6-9-19-37(33)41)23-22-29(28)26-40(2)24-12-13-31(27-40)42-38-20-10-7-16-34(38)35-17-8-11-21-39(35)42/h4-23,25,27H,3,24,26H2,1-2H3. The van der Waals surface area contributed by atoms with Gasteiger partial charge < -0.3 is 9.13 Å². The lowest BCUT2D eigenvalue weighted by Crippen LogP contribution is -2.20. The minimum atomic E-state index is 0.0214. The third-order valence-corrected chi connectivity index (χ3v) is 9.17. The summed E-state index contributed by atoms with van der Waals surface area (Å²) in [5.41, 5.74) is 11.6. The molecule has 0 radical (unpaired) electrons. The van der Waals surface area contributed by atoms with Crippen molar-refractivity contribution < 1.29 is 0 Å². The first-order chi connectivity index (χ1) is 20.6. The van der Waals surface area contributed by atoms with Crippen LogP contribution < -0.4 is 0 Å². The highest BCUT2D eigenvalue weighted by Crippen LogP contribution is 2.40. The average molecular weight is 543 g/mol. The Balaban J connectivity index is 1.18. The first kappa shape index (κ1) is 24.9. The van der Waals surface area contributed by atoms with E-state index >= 15 is 0 Å². The summed E-state index contributed by atoms with van der Waals surface area (Å²) in [6, 6.07) is 33.4. The zero-order valence-electron chi connectivity index (χ0n) is 24.2. The molecule has 2 heteroatoms. The quantitative estimate of drug-likeness (QED) is 0.210. The van der Waals surface area contributed by atoms with Crippen LogP contribution in [0.2, 0.25) is 0 Å². The number of aromatic nitrogens is 2. The second-order valence-corrected chi connectivity index (χ2v) is 12.2. The van der Waals surface area contributed by atoms with E-state index < -0.39 is 0 Å². The highest BCUT2D eigenvalue weighted by atomic mass is 15.0. The zero-order valence-corrected chi connectivity index (χ0v) is 24.2. The van der Waals surface area contributed by atoms with Crippen LogP contribution in [0.25, 0.3) is 56.2 Å². The first-order valence-electron chi connectivity index (χ1n) is 15.0. The summed E-state index contributed by atoms with van der Waals surface area (Å²) in [5, 5.41) is 3.92. The summed E-state index contributed by atoms with van der Waals surface area (Å²) in [6.07, 6.45) is 19.3. The summed E-state index contributed by atoms with van der Waals surface area (Å²) in [5.74, 6) is 0. The van der Waals surface area contributed by atoms with E-state index in [0.717, 1.165) is 19.3 Å². The van der Waals surface area contributed by atoms with E-state index in [4.69, 9.17) is 0 Å². The molecule has 1 unspecified atom stereocenters. The molecule has 0 fully saturated rings. The Bertz CT molecular complexity index is 2090. The maximum Gasteiger partial charge on any atom is 0.0541 e. The Morgan fingerprint density at radius 3 is 2.02 bits per heavy atom. The number of para-hydroxylation sites is 3. The summed E-state index contributed by atoms with van der Waals surface area (Å²) >= 11 is 0. The summed E-state index contributed by atoms with van der Waals surface area (Å²) in [4.78, 5) is 0. The van der Waals surface area contributed by atoms with Gasteiger partial charge >= 0.3 is 0 Å². The van der Waals surface area contributed by atoms with Gasteiger partial charge in [0, 0.05) is 33.1 Å². The number of rotatable bonds is 4. The molecular weight excluding hydrogens is 508 g/mol. The van der Waals surface area contributed by atoms with E-state index in [1.807, 2.05) is 0 Å². The van der Waals surface area contributed by atoms with Crippen molar-refractivity contribution in [2.75, 3.05) is 0 Å². The molecule has 0 bridgehead atoms. The predicted octanol–water partition coefficient (Wildman–Crippen LogP) is 10.5. The number of hydrogen-bond acceptors (Lipinski definition) is 0. The van der Waals surface area contributed by atoms with Crippen molar-refractivity contribution in [1.82, 2.24) is 9.13 Å². The molecule has 4 aromatic carbocycles. The molecule has 0 saturated carbocycles. The van der Waals surface area contributed by atoms with Gasteiger partial charge in [0.1, 0.15) is 0 Å². The highest BCUT2D eigenvalue weighted by molar-refractivity contribution is 6.10. The van der Waals surface area contributed by atoms with Crippen molar-refractivity contribution in [2.24, 2.45) is 5.41 Å². The predicted molar refractivity (Wildman–Crippen MR) is 180 cm³/mol. The topological polar surface area (TPSA) is 9.86 Å². The molecule has 2 aliphatic rings. The Hall–Kier alpha value is -4.82. The van der Waals surface area contributed by atoms with E-state index in [1.54, 1.807) is 0 Å². The lowest BCUT2D eigenvalue weighted by atomic mass is 9.77. The minimum absolute atomic E-state index is 0.0214. The van der Waals surface area contributed by atoms with Gasteiger partial charge in [-0.25, -0.2) is 0 Å². The van der Waals surface area contributed by atoms with Crippen molar-refractivity contribution in [2.45, 2.75) is 33.1 Å². The van der Waals surface area contributed by atoms with E-state index in [1.165, 1.54) is 66.5 Å². The van der Waals surface area contributed by atoms with Crippen LogP contribution >= 0.6 is 0 Å². The van der Waals surface area contributed by atoms with Gasteiger partial charge in [0.25, 0.3) is 0 Å². The van der Waals surface area contributed by atoms with E-state index in [9.17, 15) is 0 Å². The number of hydrogen-bond donors (Lipinski definition) is 0. The summed E-state index contributed by atoms with van der Waals surface area (Å²) < 4.78 is 4.87. The molecule has 0 amide bonds. The summed E-state index contributed by atoms with van der Waals surface area (Å²) in [6.45, 7) is 4.69. The van der Waals surface area contributed by atoms with E-state index in [0.29, 0.717) is 0 Å². The average Bonchev–Trinajstić information content (AvgIpc) is 3.39. The molecule has 1 atom stereocenters. The molecule has 2 heterocycles. The van der Waals surface area contributed by atoms with Gasteiger partial charge in [0.05, 0.1) is 22.2 Å². The molecule has 42 heavy (non-hydrogen) atoms. The molecule has 0 spiro atoms. The van der Waals surface area contributed by atoms with Gasteiger partial charge in [-0.2, -0.15) is 0 Å². The lowest BCUT2D eigenvalue weighted by Gasteiger charge is -2.30. The van der Waals surface area contributed by atoms with Gasteiger partial charge in [0.2, 0.25) is 0 Å². The van der Waals surface area contributed by atoms with Gasteiger partial charge in [-0.3, -0.25) is 0 Å². The van der Waals surface area contributed by atoms with E-state index in [-0.39, 0.29) is 5.41 Å². The molecule has 0 saturated heterocycles. The largest absolute Gasteiger partial charge is 0.310 e. The van der Waals surface area contributed by atoms with Crippen LogP contribution in [-0.4, -0.2) is 9.13 Å². The van der Waals surface area contributed by atoms with Crippen molar-refractivity contribution in [1.29, 1.82) is 0 Å². The van der Waals surface area contributed by atoms with Crippen LogP contribution in [0.3, 0.4) is 0 Å². The lowest BCUT2D eigenvalue weighted by molar-refractivity contribution is 0.426. The maximum absolute atomic E-state index is 2.51. The van der Waals surface area contributed by atoms with Crippen molar-refractivity contribution >= 4 is 50.6 Å². The molecule has 0 N–H and O–H groups in total. The Labute approximate surface area is 247 Å². The van der Waals surface area contributed by atoms with Crippen molar-refractivity contribution in [3.63, 3.8) is 0 Å². The first-order valence-corrected chi connectivity index (χ1v) is 15.0. The molecule has 204 valence electrons. The molecule has 8 rings (SSSR count). The Morgan fingerprint density at radius 2 is 1.31 bits per heavy atom. The van der Waals surface area contributed by atoms with Crippen LogP contribution in [0.5, 0.6) is 0 Å². The fraction of sp³-hybridized carbons (Fsp3) is 0.150. The number of allylic oxidation sites excluding steroid dienone is 6. The van der Waals surface area contributed by atoms with Crippen molar-refractivity contribution in [3.05, 3.63) is 144 Å². The minimum Gasteiger partial charge on any atom is -0.310 e.